The predicted molar refractivity (Wildman–Crippen MR) is 58.9 cm³/mol. The Morgan fingerprint density at radius 3 is 2.86 bits per heavy atom. The molecule has 0 amide bonds. The van der Waals surface area contributed by atoms with Gasteiger partial charge in [0.1, 0.15) is 0 Å². The molecule has 0 saturated carbocycles. The van der Waals surface area contributed by atoms with Crippen LogP contribution in [-0.2, 0) is 0 Å². The normalized spacial score (nSPS) is 24.6. The van der Waals surface area contributed by atoms with Gasteiger partial charge in [-0.1, -0.05) is 30.3 Å². The molecule has 0 bridgehead atoms. The lowest BCUT2D eigenvalue weighted by atomic mass is 10.1. The molecule has 0 aromatic heterocycles. The zero-order valence-corrected chi connectivity index (χ0v) is 8.24. The molecule has 0 spiro atoms. The molecule has 0 radical (unpaired) electrons. The second-order valence-electron chi connectivity index (χ2n) is 3.72. The van der Waals surface area contributed by atoms with Crippen LogP contribution in [0.15, 0.2) is 36.9 Å². The predicted octanol–water partition coefficient (Wildman–Crippen LogP) is 1.91. The van der Waals surface area contributed by atoms with Gasteiger partial charge >= 0.3 is 0 Å². The standard InChI is InChI=1S/C12H16N2/c1-2-7-14-12-8-11(13)9-5-3-4-6-10(9)12/h2-6,11-12,14H,1,7-8,13H2. The first kappa shape index (κ1) is 9.44. The van der Waals surface area contributed by atoms with E-state index in [0.717, 1.165) is 13.0 Å². The van der Waals surface area contributed by atoms with Crippen LogP contribution >= 0.6 is 0 Å². The van der Waals surface area contributed by atoms with Crippen molar-refractivity contribution in [1.82, 2.24) is 5.32 Å². The molecule has 2 unspecified atom stereocenters. The van der Waals surface area contributed by atoms with E-state index in [1.165, 1.54) is 11.1 Å². The highest BCUT2D eigenvalue weighted by Gasteiger charge is 2.26. The first-order valence-electron chi connectivity index (χ1n) is 5.01. The second-order valence-corrected chi connectivity index (χ2v) is 3.72. The molecule has 1 aromatic rings. The lowest BCUT2D eigenvalue weighted by Crippen LogP contribution is -2.19. The van der Waals surface area contributed by atoms with Crippen LogP contribution in [0.1, 0.15) is 29.6 Å². The number of hydrogen-bond acceptors (Lipinski definition) is 2. The Hall–Kier alpha value is -1.12. The number of fused-ring (bicyclic) bond motifs is 1. The third-order valence-corrected chi connectivity index (χ3v) is 2.77. The Kier molecular flexibility index (Phi) is 2.66. The molecular formula is C12H16N2. The Morgan fingerprint density at radius 1 is 1.43 bits per heavy atom. The van der Waals surface area contributed by atoms with Crippen LogP contribution in [0, 0.1) is 0 Å². The van der Waals surface area contributed by atoms with Gasteiger partial charge in [0.05, 0.1) is 0 Å². The minimum absolute atomic E-state index is 0.188. The smallest absolute Gasteiger partial charge is 0.0344 e. The summed E-state index contributed by atoms with van der Waals surface area (Å²) in [4.78, 5) is 0. The Morgan fingerprint density at radius 2 is 2.14 bits per heavy atom. The van der Waals surface area contributed by atoms with Gasteiger partial charge in [-0.2, -0.15) is 0 Å². The summed E-state index contributed by atoms with van der Waals surface area (Å²) in [6.45, 7) is 4.54. The van der Waals surface area contributed by atoms with Gasteiger partial charge in [-0.25, -0.2) is 0 Å². The first-order valence-corrected chi connectivity index (χ1v) is 5.01. The zero-order chi connectivity index (χ0) is 9.97. The maximum atomic E-state index is 6.04. The maximum Gasteiger partial charge on any atom is 0.0344 e. The van der Waals surface area contributed by atoms with Crippen molar-refractivity contribution < 1.29 is 0 Å². The zero-order valence-electron chi connectivity index (χ0n) is 8.24. The number of nitrogens with two attached hydrogens (primary N) is 1. The molecule has 0 aliphatic heterocycles. The number of nitrogens with one attached hydrogen (secondary N) is 1. The minimum Gasteiger partial charge on any atom is -0.324 e. The van der Waals surface area contributed by atoms with Crippen LogP contribution in [-0.4, -0.2) is 6.54 Å². The van der Waals surface area contributed by atoms with Gasteiger partial charge in [0.15, 0.2) is 0 Å². The summed E-state index contributed by atoms with van der Waals surface area (Å²) in [6.07, 6.45) is 2.87. The van der Waals surface area contributed by atoms with Crippen LogP contribution in [0.25, 0.3) is 0 Å². The molecule has 2 rings (SSSR count). The third kappa shape index (κ3) is 1.59. The van der Waals surface area contributed by atoms with Crippen LogP contribution < -0.4 is 11.1 Å². The van der Waals surface area contributed by atoms with E-state index in [1.54, 1.807) is 0 Å². The number of hydrogen-bond donors (Lipinski definition) is 2. The molecule has 1 aliphatic carbocycles. The fourth-order valence-corrected chi connectivity index (χ4v) is 2.09. The highest BCUT2D eigenvalue weighted by Crippen LogP contribution is 2.36. The molecule has 2 nitrogen and oxygen atoms in total. The van der Waals surface area contributed by atoms with E-state index < -0.39 is 0 Å². The van der Waals surface area contributed by atoms with Crippen molar-refractivity contribution in [1.29, 1.82) is 0 Å². The van der Waals surface area contributed by atoms with Crippen molar-refractivity contribution in [2.45, 2.75) is 18.5 Å². The molecule has 14 heavy (non-hydrogen) atoms. The molecule has 0 fully saturated rings. The molecule has 0 heterocycles. The van der Waals surface area contributed by atoms with Crippen LogP contribution in [0.5, 0.6) is 0 Å². The van der Waals surface area contributed by atoms with E-state index in [2.05, 4.69) is 36.2 Å². The Labute approximate surface area is 84.8 Å². The summed E-state index contributed by atoms with van der Waals surface area (Å²) < 4.78 is 0. The summed E-state index contributed by atoms with van der Waals surface area (Å²) in [5.41, 5.74) is 8.68. The lowest BCUT2D eigenvalue weighted by molar-refractivity contribution is 0.524. The molecule has 3 N–H and O–H groups in total. The average Bonchev–Trinajstić information content (AvgIpc) is 2.54. The molecule has 1 aromatic carbocycles. The lowest BCUT2D eigenvalue weighted by Gasteiger charge is -2.11. The number of rotatable bonds is 3. The molecule has 74 valence electrons. The molecule has 0 saturated heterocycles. The monoisotopic (exact) mass is 188 g/mol. The minimum atomic E-state index is 0.188. The SMILES string of the molecule is C=CCNC1CC(N)c2ccccc21. The second kappa shape index (κ2) is 3.95. The van der Waals surface area contributed by atoms with E-state index in [1.807, 2.05) is 6.08 Å². The Balaban J connectivity index is 2.21. The van der Waals surface area contributed by atoms with E-state index in [0.29, 0.717) is 6.04 Å². The fraction of sp³-hybridized carbons (Fsp3) is 0.333. The van der Waals surface area contributed by atoms with Crippen LogP contribution in [0.3, 0.4) is 0 Å². The van der Waals surface area contributed by atoms with Gasteiger partial charge in [-0.3, -0.25) is 0 Å². The largest absolute Gasteiger partial charge is 0.324 e. The van der Waals surface area contributed by atoms with Crippen LogP contribution in [0.4, 0.5) is 0 Å². The van der Waals surface area contributed by atoms with Crippen LogP contribution in [0.2, 0.25) is 0 Å². The summed E-state index contributed by atoms with van der Waals surface area (Å²) in [5.74, 6) is 0. The first-order chi connectivity index (χ1) is 6.83. The van der Waals surface area contributed by atoms with E-state index in [4.69, 9.17) is 5.73 Å². The van der Waals surface area contributed by atoms with E-state index >= 15 is 0 Å². The van der Waals surface area contributed by atoms with Gasteiger partial charge in [0, 0.05) is 18.6 Å². The molecule has 1 aliphatic rings. The maximum absolute atomic E-state index is 6.04. The van der Waals surface area contributed by atoms with Crippen molar-refractivity contribution in [2.75, 3.05) is 6.54 Å². The summed E-state index contributed by atoms with van der Waals surface area (Å²) in [5, 5.41) is 3.42. The molecule has 2 heteroatoms. The van der Waals surface area contributed by atoms with E-state index in [-0.39, 0.29) is 6.04 Å². The van der Waals surface area contributed by atoms with Crippen molar-refractivity contribution in [3.8, 4) is 0 Å². The highest BCUT2D eigenvalue weighted by atomic mass is 14.9. The average molecular weight is 188 g/mol. The molecular weight excluding hydrogens is 172 g/mol. The summed E-state index contributed by atoms with van der Waals surface area (Å²) >= 11 is 0. The van der Waals surface area contributed by atoms with Gasteiger partial charge in [0.25, 0.3) is 0 Å². The fourth-order valence-electron chi connectivity index (χ4n) is 2.09. The topological polar surface area (TPSA) is 38.0 Å². The van der Waals surface area contributed by atoms with Crippen molar-refractivity contribution in [3.63, 3.8) is 0 Å². The van der Waals surface area contributed by atoms with Crippen molar-refractivity contribution in [3.05, 3.63) is 48.0 Å². The van der Waals surface area contributed by atoms with Crippen molar-refractivity contribution in [2.24, 2.45) is 5.73 Å². The number of benzene rings is 1. The summed E-state index contributed by atoms with van der Waals surface area (Å²) in [6, 6.07) is 8.99. The van der Waals surface area contributed by atoms with Gasteiger partial charge in [-0.15, -0.1) is 6.58 Å². The highest BCUT2D eigenvalue weighted by molar-refractivity contribution is 5.37. The van der Waals surface area contributed by atoms with E-state index in [9.17, 15) is 0 Å². The van der Waals surface area contributed by atoms with Gasteiger partial charge in [-0.05, 0) is 17.5 Å². The van der Waals surface area contributed by atoms with Gasteiger partial charge in [0.2, 0.25) is 0 Å². The van der Waals surface area contributed by atoms with Gasteiger partial charge < -0.3 is 11.1 Å². The third-order valence-electron chi connectivity index (χ3n) is 2.77. The molecule has 2 atom stereocenters. The van der Waals surface area contributed by atoms with Crippen molar-refractivity contribution >= 4 is 0 Å². The summed E-state index contributed by atoms with van der Waals surface area (Å²) in [7, 11) is 0. The Bertz CT molecular complexity index is 333. The quantitative estimate of drug-likeness (QED) is 0.711.